The molecule has 6 nitrogen and oxygen atoms in total. The lowest BCUT2D eigenvalue weighted by Gasteiger charge is -2.28. The highest BCUT2D eigenvalue weighted by atomic mass is 16.5. The Labute approximate surface area is 136 Å². The van der Waals surface area contributed by atoms with Gasteiger partial charge in [-0.15, -0.1) is 0 Å². The van der Waals surface area contributed by atoms with Gasteiger partial charge in [0, 0.05) is 24.7 Å². The summed E-state index contributed by atoms with van der Waals surface area (Å²) in [5.74, 6) is 1.69. The maximum atomic E-state index is 12.5. The molecule has 0 aromatic carbocycles. The highest BCUT2D eigenvalue weighted by Crippen LogP contribution is 2.31. The smallest absolute Gasteiger partial charge is 0.249 e. The van der Waals surface area contributed by atoms with Gasteiger partial charge in [0.05, 0.1) is 0 Å². The van der Waals surface area contributed by atoms with Crippen molar-refractivity contribution < 1.29 is 14.1 Å². The Morgan fingerprint density at radius 3 is 2.74 bits per heavy atom. The van der Waals surface area contributed by atoms with Crippen molar-refractivity contribution in [2.24, 2.45) is 5.92 Å². The molecule has 0 radical (unpaired) electrons. The van der Waals surface area contributed by atoms with Crippen LogP contribution in [0.25, 0.3) is 0 Å². The third-order valence-electron chi connectivity index (χ3n) is 4.60. The van der Waals surface area contributed by atoms with Crippen LogP contribution in [-0.2, 0) is 9.53 Å². The maximum absolute atomic E-state index is 12.5. The van der Waals surface area contributed by atoms with Gasteiger partial charge in [-0.2, -0.15) is 4.98 Å². The van der Waals surface area contributed by atoms with E-state index in [1.54, 1.807) is 0 Å². The second-order valence-electron chi connectivity index (χ2n) is 6.67. The van der Waals surface area contributed by atoms with Crippen LogP contribution >= 0.6 is 0 Å². The fourth-order valence-corrected chi connectivity index (χ4v) is 3.15. The lowest BCUT2D eigenvalue weighted by Crippen LogP contribution is -2.36. The SMILES string of the molecule is CC(C)c1noc([C@@H](NC(=O)C2=CCCC2)C2CCOCC2)n1. The number of carbonyl (C=O) groups excluding carboxylic acids is 1. The molecule has 1 saturated heterocycles. The molecule has 23 heavy (non-hydrogen) atoms. The summed E-state index contributed by atoms with van der Waals surface area (Å²) in [6, 6.07) is -0.229. The molecule has 1 fully saturated rings. The summed E-state index contributed by atoms with van der Waals surface area (Å²) >= 11 is 0. The Kier molecular flexibility index (Phi) is 5.10. The molecule has 1 atom stereocenters. The number of allylic oxidation sites excluding steroid dienone is 1. The largest absolute Gasteiger partial charge is 0.381 e. The third kappa shape index (κ3) is 3.80. The van der Waals surface area contributed by atoms with Gasteiger partial charge in [0.25, 0.3) is 0 Å². The molecule has 3 rings (SSSR count). The summed E-state index contributed by atoms with van der Waals surface area (Å²) in [5, 5.41) is 7.19. The molecule has 2 heterocycles. The first kappa shape index (κ1) is 16.2. The topological polar surface area (TPSA) is 77.2 Å². The molecular formula is C17H25N3O3. The molecule has 1 amide bonds. The van der Waals surface area contributed by atoms with Gasteiger partial charge in [0.2, 0.25) is 11.8 Å². The standard InChI is InChI=1S/C17H25N3O3/c1-11(2)15-19-17(23-20-15)14(12-7-9-22-10-8-12)18-16(21)13-5-3-4-6-13/h5,11-12,14H,3-4,6-10H2,1-2H3,(H,18,21)/t14-/m0/s1. The van der Waals surface area contributed by atoms with Gasteiger partial charge in [-0.25, -0.2) is 0 Å². The molecule has 1 aromatic rings. The van der Waals surface area contributed by atoms with E-state index in [2.05, 4.69) is 15.5 Å². The Morgan fingerprint density at radius 2 is 2.13 bits per heavy atom. The number of hydrogen-bond donors (Lipinski definition) is 1. The third-order valence-corrected chi connectivity index (χ3v) is 4.60. The van der Waals surface area contributed by atoms with Crippen molar-refractivity contribution in [2.45, 2.75) is 57.9 Å². The van der Waals surface area contributed by atoms with E-state index in [0.29, 0.717) is 24.9 Å². The zero-order chi connectivity index (χ0) is 16.2. The number of ether oxygens (including phenoxy) is 1. The predicted molar refractivity (Wildman–Crippen MR) is 84.7 cm³/mol. The average molecular weight is 319 g/mol. The molecule has 0 spiro atoms. The second-order valence-corrected chi connectivity index (χ2v) is 6.67. The van der Waals surface area contributed by atoms with Crippen LogP contribution < -0.4 is 5.32 Å². The highest BCUT2D eigenvalue weighted by Gasteiger charge is 2.32. The first-order valence-electron chi connectivity index (χ1n) is 8.56. The Bertz CT molecular complexity index is 573. The number of hydrogen-bond acceptors (Lipinski definition) is 5. The van der Waals surface area contributed by atoms with Crippen LogP contribution in [0, 0.1) is 5.92 Å². The zero-order valence-electron chi connectivity index (χ0n) is 13.9. The number of amides is 1. The van der Waals surface area contributed by atoms with Crippen LogP contribution in [-0.4, -0.2) is 29.3 Å². The van der Waals surface area contributed by atoms with Gasteiger partial charge in [0.15, 0.2) is 5.82 Å². The summed E-state index contributed by atoms with van der Waals surface area (Å²) in [6.07, 6.45) is 6.72. The van der Waals surface area contributed by atoms with Gasteiger partial charge in [0.1, 0.15) is 6.04 Å². The number of carbonyl (C=O) groups is 1. The van der Waals surface area contributed by atoms with Gasteiger partial charge >= 0.3 is 0 Å². The summed E-state index contributed by atoms with van der Waals surface area (Å²) in [5.41, 5.74) is 0.880. The molecular weight excluding hydrogens is 294 g/mol. The Morgan fingerprint density at radius 1 is 1.35 bits per heavy atom. The Balaban J connectivity index is 1.78. The first-order chi connectivity index (χ1) is 11.1. The van der Waals surface area contributed by atoms with Crippen molar-refractivity contribution in [1.29, 1.82) is 0 Å². The van der Waals surface area contributed by atoms with Gasteiger partial charge < -0.3 is 14.6 Å². The maximum Gasteiger partial charge on any atom is 0.249 e. The van der Waals surface area contributed by atoms with Crippen LogP contribution in [0.5, 0.6) is 0 Å². The molecule has 0 saturated carbocycles. The van der Waals surface area contributed by atoms with E-state index in [4.69, 9.17) is 9.26 Å². The fourth-order valence-electron chi connectivity index (χ4n) is 3.15. The number of aromatic nitrogens is 2. The van der Waals surface area contributed by atoms with Crippen LogP contribution in [0.2, 0.25) is 0 Å². The lowest BCUT2D eigenvalue weighted by molar-refractivity contribution is -0.119. The summed E-state index contributed by atoms with van der Waals surface area (Å²) in [4.78, 5) is 17.0. The van der Waals surface area contributed by atoms with Crippen LogP contribution in [0.1, 0.15) is 69.6 Å². The average Bonchev–Trinajstić information content (AvgIpc) is 3.24. The van der Waals surface area contributed by atoms with Crippen molar-refractivity contribution >= 4 is 5.91 Å². The van der Waals surface area contributed by atoms with Gasteiger partial charge in [-0.1, -0.05) is 25.1 Å². The molecule has 1 N–H and O–H groups in total. The van der Waals surface area contributed by atoms with Crippen LogP contribution in [0.3, 0.4) is 0 Å². The van der Waals surface area contributed by atoms with Crippen molar-refractivity contribution in [3.8, 4) is 0 Å². The second kappa shape index (κ2) is 7.25. The monoisotopic (exact) mass is 319 g/mol. The fraction of sp³-hybridized carbons (Fsp3) is 0.706. The minimum atomic E-state index is -0.229. The number of rotatable bonds is 5. The van der Waals surface area contributed by atoms with E-state index in [1.807, 2.05) is 19.9 Å². The summed E-state index contributed by atoms with van der Waals surface area (Å²) < 4.78 is 10.9. The molecule has 2 aliphatic rings. The minimum absolute atomic E-state index is 0.00305. The lowest BCUT2D eigenvalue weighted by atomic mass is 9.91. The van der Waals surface area contributed by atoms with Crippen molar-refractivity contribution in [3.05, 3.63) is 23.4 Å². The van der Waals surface area contributed by atoms with E-state index in [9.17, 15) is 4.79 Å². The van der Waals surface area contributed by atoms with Crippen LogP contribution in [0.4, 0.5) is 0 Å². The summed E-state index contributed by atoms with van der Waals surface area (Å²) in [7, 11) is 0. The van der Waals surface area contributed by atoms with E-state index in [0.717, 1.165) is 37.7 Å². The van der Waals surface area contributed by atoms with Crippen molar-refractivity contribution in [2.75, 3.05) is 13.2 Å². The first-order valence-corrected chi connectivity index (χ1v) is 8.56. The highest BCUT2D eigenvalue weighted by molar-refractivity contribution is 5.94. The molecule has 6 heteroatoms. The molecule has 0 bridgehead atoms. The number of nitrogens with zero attached hydrogens (tertiary/aromatic N) is 2. The van der Waals surface area contributed by atoms with E-state index in [1.165, 1.54) is 0 Å². The van der Waals surface area contributed by atoms with Crippen molar-refractivity contribution in [3.63, 3.8) is 0 Å². The molecule has 1 aliphatic heterocycles. The zero-order valence-corrected chi connectivity index (χ0v) is 13.9. The number of nitrogens with one attached hydrogen (secondary N) is 1. The quantitative estimate of drug-likeness (QED) is 0.903. The van der Waals surface area contributed by atoms with Gasteiger partial charge in [-0.3, -0.25) is 4.79 Å². The molecule has 1 aromatic heterocycles. The molecule has 1 aliphatic carbocycles. The minimum Gasteiger partial charge on any atom is -0.381 e. The summed E-state index contributed by atoms with van der Waals surface area (Å²) in [6.45, 7) is 5.48. The predicted octanol–water partition coefficient (Wildman–Crippen LogP) is 2.89. The van der Waals surface area contributed by atoms with Crippen LogP contribution in [0.15, 0.2) is 16.2 Å². The van der Waals surface area contributed by atoms with E-state index in [-0.39, 0.29) is 23.8 Å². The molecule has 0 unspecified atom stereocenters. The van der Waals surface area contributed by atoms with Crippen molar-refractivity contribution in [1.82, 2.24) is 15.5 Å². The molecule has 126 valence electrons. The normalized spacial score (nSPS) is 20.6. The van der Waals surface area contributed by atoms with E-state index < -0.39 is 0 Å². The Hall–Kier alpha value is -1.69. The van der Waals surface area contributed by atoms with Gasteiger partial charge in [-0.05, 0) is 38.0 Å². The van der Waals surface area contributed by atoms with E-state index >= 15 is 0 Å².